The van der Waals surface area contributed by atoms with E-state index in [9.17, 15) is 9.59 Å². The molecule has 2 N–H and O–H groups in total. The maximum atomic E-state index is 10.9. The van der Waals surface area contributed by atoms with Gasteiger partial charge in [0.25, 0.3) is 0 Å². The number of hydrogen-bond acceptors (Lipinski definition) is 5. The summed E-state index contributed by atoms with van der Waals surface area (Å²) in [7, 11) is 2.86. The van der Waals surface area contributed by atoms with Crippen LogP contribution >= 0.6 is 0 Å². The van der Waals surface area contributed by atoms with Crippen LogP contribution in [0.5, 0.6) is 0 Å². The molecule has 0 amide bonds. The van der Waals surface area contributed by atoms with Gasteiger partial charge in [-0.25, -0.2) is 0 Å². The van der Waals surface area contributed by atoms with Crippen molar-refractivity contribution >= 4 is 11.9 Å². The van der Waals surface area contributed by atoms with Crippen LogP contribution in [0.15, 0.2) is 0 Å². The topological polar surface area (TPSA) is 78.6 Å². The van der Waals surface area contributed by atoms with E-state index in [0.29, 0.717) is 6.54 Å². The monoisotopic (exact) mass is 317 g/mol. The largest absolute Gasteiger partial charge is 0.469 e. The Morgan fingerprint density at radius 3 is 1.59 bits per heavy atom. The second-order valence-electron chi connectivity index (χ2n) is 5.63. The molecule has 0 radical (unpaired) electrons. The summed E-state index contributed by atoms with van der Waals surface area (Å²) in [4.78, 5) is 21.7. The first-order valence-corrected chi connectivity index (χ1v) is 8.30. The van der Waals surface area contributed by atoms with Crippen LogP contribution in [0.1, 0.15) is 65.7 Å². The summed E-state index contributed by atoms with van der Waals surface area (Å²) in [5, 5.41) is 0. The number of esters is 2. The number of carbonyl (C=O) groups is 2. The van der Waals surface area contributed by atoms with Gasteiger partial charge in [0, 0.05) is 0 Å². The Balaban J connectivity index is 0. The van der Waals surface area contributed by atoms with Crippen molar-refractivity contribution in [3.05, 3.63) is 0 Å². The molecule has 0 unspecified atom stereocenters. The maximum Gasteiger partial charge on any atom is 0.308 e. The zero-order valence-electron chi connectivity index (χ0n) is 15.0. The summed E-state index contributed by atoms with van der Waals surface area (Å²) >= 11 is 0. The van der Waals surface area contributed by atoms with Gasteiger partial charge in [-0.1, -0.05) is 46.5 Å². The number of methoxy groups -OCH3 is 2. The highest BCUT2D eigenvalue weighted by atomic mass is 16.5. The zero-order chi connectivity index (χ0) is 17.4. The molecule has 0 bridgehead atoms. The number of unbranched alkanes of at least 4 members (excludes halogenated alkanes) is 3. The highest BCUT2D eigenvalue weighted by molar-refractivity contribution is 5.72. The van der Waals surface area contributed by atoms with E-state index in [0.717, 1.165) is 32.1 Å². The van der Waals surface area contributed by atoms with E-state index >= 15 is 0 Å². The Morgan fingerprint density at radius 1 is 0.864 bits per heavy atom. The third-order valence-corrected chi connectivity index (χ3v) is 3.54. The van der Waals surface area contributed by atoms with Crippen LogP contribution in [0.4, 0.5) is 0 Å². The van der Waals surface area contributed by atoms with Crippen molar-refractivity contribution < 1.29 is 19.1 Å². The van der Waals surface area contributed by atoms with Gasteiger partial charge < -0.3 is 15.2 Å². The summed E-state index contributed by atoms with van der Waals surface area (Å²) in [5.74, 6) is -0.110. The van der Waals surface area contributed by atoms with Gasteiger partial charge in [0.15, 0.2) is 0 Å². The quantitative estimate of drug-likeness (QED) is 0.494. The maximum absolute atomic E-state index is 10.9. The van der Waals surface area contributed by atoms with Crippen LogP contribution in [-0.4, -0.2) is 32.7 Å². The van der Waals surface area contributed by atoms with Crippen LogP contribution in [0.25, 0.3) is 0 Å². The fourth-order valence-corrected chi connectivity index (χ4v) is 1.93. The van der Waals surface area contributed by atoms with Crippen LogP contribution in [0.3, 0.4) is 0 Å². The number of nitrogens with two attached hydrogens (primary N) is 1. The van der Waals surface area contributed by atoms with Crippen molar-refractivity contribution in [1.82, 2.24) is 0 Å². The lowest BCUT2D eigenvalue weighted by atomic mass is 10.0. The average Bonchev–Trinajstić information content (AvgIpc) is 2.54. The molecule has 5 nitrogen and oxygen atoms in total. The third kappa shape index (κ3) is 13.9. The van der Waals surface area contributed by atoms with Crippen LogP contribution < -0.4 is 5.73 Å². The van der Waals surface area contributed by atoms with Crippen LogP contribution in [-0.2, 0) is 19.1 Å². The van der Waals surface area contributed by atoms with Gasteiger partial charge in [-0.15, -0.1) is 0 Å². The Hall–Kier alpha value is -1.10. The summed E-state index contributed by atoms with van der Waals surface area (Å²) in [6.07, 6.45) is 7.38. The fourth-order valence-electron chi connectivity index (χ4n) is 1.93. The lowest BCUT2D eigenvalue weighted by Crippen LogP contribution is -2.12. The van der Waals surface area contributed by atoms with Crippen LogP contribution in [0.2, 0.25) is 0 Å². The Labute approximate surface area is 135 Å². The van der Waals surface area contributed by atoms with Crippen molar-refractivity contribution in [1.29, 1.82) is 0 Å². The summed E-state index contributed by atoms with van der Waals surface area (Å²) in [6.45, 7) is 6.65. The molecule has 0 aliphatic heterocycles. The molecule has 0 aliphatic carbocycles. The van der Waals surface area contributed by atoms with Gasteiger partial charge in [0.1, 0.15) is 0 Å². The molecule has 0 aliphatic rings. The smallest absolute Gasteiger partial charge is 0.308 e. The number of ether oxygens (including phenoxy) is 2. The number of rotatable bonds is 10. The first-order chi connectivity index (χ1) is 10.4. The van der Waals surface area contributed by atoms with E-state index < -0.39 is 0 Å². The van der Waals surface area contributed by atoms with Crippen molar-refractivity contribution in [3.8, 4) is 0 Å². The van der Waals surface area contributed by atoms with Gasteiger partial charge >= 0.3 is 11.9 Å². The van der Waals surface area contributed by atoms with E-state index in [1.807, 2.05) is 13.8 Å². The minimum Gasteiger partial charge on any atom is -0.469 e. The minimum absolute atomic E-state index is 0.0200. The molecule has 0 aromatic heterocycles. The van der Waals surface area contributed by atoms with E-state index in [4.69, 9.17) is 5.73 Å². The van der Waals surface area contributed by atoms with Gasteiger partial charge in [0.2, 0.25) is 0 Å². The normalized spacial score (nSPS) is 12.6. The van der Waals surface area contributed by atoms with Crippen molar-refractivity contribution in [2.24, 2.45) is 17.6 Å². The molecule has 132 valence electrons. The van der Waals surface area contributed by atoms with Gasteiger partial charge in [-0.05, 0) is 25.8 Å². The summed E-state index contributed by atoms with van der Waals surface area (Å²) in [6, 6.07) is 0. The van der Waals surface area contributed by atoms with E-state index in [1.54, 1.807) is 0 Å². The van der Waals surface area contributed by atoms with Crippen molar-refractivity contribution in [3.63, 3.8) is 0 Å². The summed E-state index contributed by atoms with van der Waals surface area (Å²) in [5.41, 5.74) is 5.31. The minimum atomic E-state index is -0.123. The van der Waals surface area contributed by atoms with Crippen LogP contribution in [0, 0.1) is 11.8 Å². The van der Waals surface area contributed by atoms with Gasteiger partial charge in [-0.2, -0.15) is 0 Å². The van der Waals surface area contributed by atoms with E-state index in [1.165, 1.54) is 27.1 Å². The van der Waals surface area contributed by atoms with Gasteiger partial charge in [-0.3, -0.25) is 9.59 Å². The van der Waals surface area contributed by atoms with Gasteiger partial charge in [0.05, 0.1) is 26.1 Å². The van der Waals surface area contributed by atoms with E-state index in [-0.39, 0.29) is 23.8 Å². The SMILES string of the molecule is CCCCC[C@H](C)C(=O)OC.COC(=O)[C@@H](C)CCCCN. The van der Waals surface area contributed by atoms with E-state index in [2.05, 4.69) is 16.4 Å². The molecule has 0 saturated carbocycles. The molecule has 0 saturated heterocycles. The fraction of sp³-hybridized carbons (Fsp3) is 0.882. The predicted molar refractivity (Wildman–Crippen MR) is 89.4 cm³/mol. The molecule has 5 heteroatoms. The molecular formula is C17H35NO4. The molecule has 0 heterocycles. The average molecular weight is 317 g/mol. The molecule has 0 aromatic carbocycles. The molecular weight excluding hydrogens is 282 g/mol. The predicted octanol–water partition coefficient (Wildman–Crippen LogP) is 3.30. The molecule has 0 fully saturated rings. The lowest BCUT2D eigenvalue weighted by molar-refractivity contribution is -0.145. The highest BCUT2D eigenvalue weighted by Gasteiger charge is 2.11. The standard InChI is InChI=1S/C9H18O2.C8H17NO2/c1-4-5-6-7-8(2)9(10)11-3;1-7(8(10)11-2)5-3-4-6-9/h8H,4-7H2,1-3H3;7H,3-6,9H2,1-2H3/t8-;7-/m00/s1. The third-order valence-electron chi connectivity index (χ3n) is 3.54. The number of carbonyl (C=O) groups excluding carboxylic acids is 2. The zero-order valence-corrected chi connectivity index (χ0v) is 15.0. The molecule has 0 rings (SSSR count). The summed E-state index contributed by atoms with van der Waals surface area (Å²) < 4.78 is 9.18. The first-order valence-electron chi connectivity index (χ1n) is 8.30. The molecule has 0 spiro atoms. The Kier molecular flexibility index (Phi) is 17.1. The first kappa shape index (κ1) is 23.2. The Morgan fingerprint density at radius 2 is 1.27 bits per heavy atom. The molecule has 2 atom stereocenters. The van der Waals surface area contributed by atoms with Crippen molar-refractivity contribution in [2.45, 2.75) is 65.7 Å². The van der Waals surface area contributed by atoms with Crippen molar-refractivity contribution in [2.75, 3.05) is 20.8 Å². The highest BCUT2D eigenvalue weighted by Crippen LogP contribution is 2.10. The molecule has 22 heavy (non-hydrogen) atoms. The lowest BCUT2D eigenvalue weighted by Gasteiger charge is -2.07. The Bertz CT molecular complexity index is 254. The molecule has 0 aromatic rings. The second kappa shape index (κ2) is 16.3. The number of hydrogen-bond donors (Lipinski definition) is 1. The second-order valence-corrected chi connectivity index (χ2v) is 5.63.